The van der Waals surface area contributed by atoms with Gasteiger partial charge in [0.15, 0.2) is 5.69 Å². The summed E-state index contributed by atoms with van der Waals surface area (Å²) in [6.45, 7) is 2.06. The van der Waals surface area contributed by atoms with Gasteiger partial charge in [-0.15, -0.1) is 10.2 Å². The number of nitrogens with one attached hydrogen (secondary N) is 1. The maximum atomic E-state index is 6.45. The first-order valence-electron chi connectivity index (χ1n) is 9.74. The van der Waals surface area contributed by atoms with Gasteiger partial charge in [-0.05, 0) is 28.7 Å². The van der Waals surface area contributed by atoms with Crippen molar-refractivity contribution in [3.05, 3.63) is 66.2 Å². The molecule has 2 heterocycles. The van der Waals surface area contributed by atoms with Crippen molar-refractivity contribution < 1.29 is 9.47 Å². The van der Waals surface area contributed by atoms with E-state index >= 15 is 0 Å². The lowest BCUT2D eigenvalue weighted by Crippen LogP contribution is -2.18. The first-order valence-corrected chi connectivity index (χ1v) is 10.7. The fourth-order valence-electron chi connectivity index (χ4n) is 3.69. The van der Waals surface area contributed by atoms with Crippen LogP contribution in [-0.2, 0) is 0 Å². The second-order valence-electron chi connectivity index (χ2n) is 6.77. The van der Waals surface area contributed by atoms with Gasteiger partial charge in [0.25, 0.3) is 0 Å². The van der Waals surface area contributed by atoms with Crippen LogP contribution in [0.1, 0.15) is 18.7 Å². The number of fused-ring (bicyclic) bond motifs is 4. The Morgan fingerprint density at radius 1 is 1.03 bits per heavy atom. The zero-order chi connectivity index (χ0) is 20.5. The molecule has 0 fully saturated rings. The maximum absolute atomic E-state index is 6.45. The summed E-state index contributed by atoms with van der Waals surface area (Å²) in [6, 6.07) is 20.2. The van der Waals surface area contributed by atoms with Crippen molar-refractivity contribution in [2.45, 2.75) is 18.3 Å². The van der Waals surface area contributed by atoms with Gasteiger partial charge in [0.1, 0.15) is 5.75 Å². The molecule has 0 aliphatic carbocycles. The van der Waals surface area contributed by atoms with Crippen LogP contribution in [0.15, 0.2) is 65.8 Å². The molecule has 0 spiro atoms. The molecule has 0 radical (unpaired) electrons. The molecule has 5 rings (SSSR count). The minimum atomic E-state index is -0.510. The Morgan fingerprint density at radius 3 is 2.73 bits per heavy atom. The molecule has 1 aliphatic heterocycles. The van der Waals surface area contributed by atoms with Gasteiger partial charge >= 0.3 is 0 Å². The highest BCUT2D eigenvalue weighted by molar-refractivity contribution is 7.99. The van der Waals surface area contributed by atoms with Gasteiger partial charge in [-0.1, -0.05) is 67.2 Å². The van der Waals surface area contributed by atoms with Crippen LogP contribution in [0, 0.1) is 0 Å². The Bertz CT molecular complexity index is 1230. The summed E-state index contributed by atoms with van der Waals surface area (Å²) in [5.74, 6) is 2.06. The second kappa shape index (κ2) is 7.84. The summed E-state index contributed by atoms with van der Waals surface area (Å²) in [6.07, 6.45) is -0.510. The third-order valence-corrected chi connectivity index (χ3v) is 5.74. The smallest absolute Gasteiger partial charge is 0.247 e. The number of nitrogens with zero attached hydrogens (tertiary/aromatic N) is 3. The highest BCUT2D eigenvalue weighted by Crippen LogP contribution is 2.42. The van der Waals surface area contributed by atoms with Gasteiger partial charge < -0.3 is 14.8 Å². The average molecular weight is 417 g/mol. The van der Waals surface area contributed by atoms with E-state index in [1.807, 2.05) is 42.5 Å². The van der Waals surface area contributed by atoms with Crippen molar-refractivity contribution in [1.29, 1.82) is 0 Å². The topological polar surface area (TPSA) is 69.2 Å². The van der Waals surface area contributed by atoms with Crippen LogP contribution in [0.2, 0.25) is 0 Å². The number of rotatable bonds is 4. The van der Waals surface area contributed by atoms with Gasteiger partial charge in [0.2, 0.25) is 17.3 Å². The standard InChI is InChI=1S/C23H20N4O2S/c1-3-30-23-25-22-20(26-27-23)16-10-6-7-11-17(16)24-21(29-22)19-15-9-5-4-8-14(15)12-13-18(19)28-2/h4-13,21,24H,3H2,1-2H3/t21-/m1/s1. The first-order chi connectivity index (χ1) is 14.8. The summed E-state index contributed by atoms with van der Waals surface area (Å²) >= 11 is 1.53. The van der Waals surface area contributed by atoms with Gasteiger partial charge in [-0.25, -0.2) is 0 Å². The van der Waals surface area contributed by atoms with E-state index in [0.29, 0.717) is 16.7 Å². The second-order valence-corrected chi connectivity index (χ2v) is 8.00. The third kappa shape index (κ3) is 3.21. The Hall–Kier alpha value is -3.32. The summed E-state index contributed by atoms with van der Waals surface area (Å²) in [4.78, 5) is 4.66. The van der Waals surface area contributed by atoms with Crippen LogP contribution >= 0.6 is 11.8 Å². The molecule has 0 unspecified atom stereocenters. The van der Waals surface area contributed by atoms with Gasteiger partial charge in [-0.2, -0.15) is 4.98 Å². The van der Waals surface area contributed by atoms with E-state index in [1.54, 1.807) is 7.11 Å². The molecule has 0 saturated heterocycles. The largest absolute Gasteiger partial charge is 0.496 e. The van der Waals surface area contributed by atoms with Crippen molar-refractivity contribution in [3.63, 3.8) is 0 Å². The van der Waals surface area contributed by atoms with Crippen LogP contribution in [0.3, 0.4) is 0 Å². The lowest BCUT2D eigenvalue weighted by atomic mass is 10.0. The number of thioether (sulfide) groups is 1. The van der Waals surface area contributed by atoms with E-state index < -0.39 is 6.23 Å². The van der Waals surface area contributed by atoms with E-state index in [4.69, 9.17) is 9.47 Å². The minimum Gasteiger partial charge on any atom is -0.496 e. The van der Waals surface area contributed by atoms with E-state index in [9.17, 15) is 0 Å². The van der Waals surface area contributed by atoms with Gasteiger partial charge in [0, 0.05) is 11.3 Å². The van der Waals surface area contributed by atoms with Crippen LogP contribution in [-0.4, -0.2) is 28.0 Å². The molecule has 150 valence electrons. The summed E-state index contributed by atoms with van der Waals surface area (Å²) in [7, 11) is 1.67. The van der Waals surface area contributed by atoms with E-state index in [0.717, 1.165) is 39.1 Å². The predicted octanol–water partition coefficient (Wildman–Crippen LogP) is 5.32. The molecule has 3 aromatic carbocycles. The Morgan fingerprint density at radius 2 is 1.87 bits per heavy atom. The molecule has 1 N–H and O–H groups in total. The van der Waals surface area contributed by atoms with Crippen LogP contribution in [0.5, 0.6) is 11.6 Å². The monoisotopic (exact) mass is 416 g/mol. The molecule has 1 aliphatic rings. The van der Waals surface area contributed by atoms with Crippen molar-refractivity contribution in [1.82, 2.24) is 15.2 Å². The number of hydrogen-bond donors (Lipinski definition) is 1. The maximum Gasteiger partial charge on any atom is 0.247 e. The van der Waals surface area contributed by atoms with Crippen LogP contribution in [0.25, 0.3) is 22.0 Å². The molecule has 30 heavy (non-hydrogen) atoms. The highest BCUT2D eigenvalue weighted by atomic mass is 32.2. The van der Waals surface area contributed by atoms with Crippen molar-refractivity contribution in [3.8, 4) is 22.9 Å². The minimum absolute atomic E-state index is 0.457. The number of para-hydroxylation sites is 1. The molecule has 1 aromatic heterocycles. The highest BCUT2D eigenvalue weighted by Gasteiger charge is 2.29. The zero-order valence-electron chi connectivity index (χ0n) is 16.6. The molecule has 4 aromatic rings. The fraction of sp³-hybridized carbons (Fsp3) is 0.174. The fourth-order valence-corrected chi connectivity index (χ4v) is 4.20. The van der Waals surface area contributed by atoms with Crippen LogP contribution in [0.4, 0.5) is 5.69 Å². The number of methoxy groups -OCH3 is 1. The molecular formula is C23H20N4O2S. The molecule has 6 nitrogen and oxygen atoms in total. The predicted molar refractivity (Wildman–Crippen MR) is 119 cm³/mol. The Kier molecular flexibility index (Phi) is 4.88. The van der Waals surface area contributed by atoms with Crippen molar-refractivity contribution >= 4 is 28.2 Å². The molecular weight excluding hydrogens is 396 g/mol. The quantitative estimate of drug-likeness (QED) is 0.452. The molecule has 0 saturated carbocycles. The van der Waals surface area contributed by atoms with Crippen LogP contribution < -0.4 is 14.8 Å². The number of benzene rings is 3. The molecule has 1 atom stereocenters. The molecule has 7 heteroatoms. The Balaban J connectivity index is 1.72. The summed E-state index contributed by atoms with van der Waals surface area (Å²) < 4.78 is 12.2. The normalized spacial score (nSPS) is 14.8. The summed E-state index contributed by atoms with van der Waals surface area (Å²) in [5.41, 5.74) is 3.35. The SMILES string of the molecule is CCSc1nnc2c(n1)O[C@H](c1c(OC)ccc3ccccc13)Nc1ccccc1-2. The number of anilines is 1. The van der Waals surface area contributed by atoms with Crippen molar-refractivity contribution in [2.24, 2.45) is 0 Å². The molecule has 0 bridgehead atoms. The third-order valence-electron chi connectivity index (χ3n) is 5.02. The first kappa shape index (κ1) is 18.7. The van der Waals surface area contributed by atoms with E-state index in [1.165, 1.54) is 11.8 Å². The van der Waals surface area contributed by atoms with Crippen molar-refractivity contribution in [2.75, 3.05) is 18.2 Å². The number of aromatic nitrogens is 3. The number of hydrogen-bond acceptors (Lipinski definition) is 7. The molecule has 0 amide bonds. The number of ether oxygens (including phenoxy) is 2. The lowest BCUT2D eigenvalue weighted by molar-refractivity contribution is 0.221. The van der Waals surface area contributed by atoms with Gasteiger partial charge in [0.05, 0.1) is 12.7 Å². The van der Waals surface area contributed by atoms with E-state index in [-0.39, 0.29) is 0 Å². The Labute approximate surface area is 178 Å². The zero-order valence-corrected chi connectivity index (χ0v) is 17.4. The van der Waals surface area contributed by atoms with Gasteiger partial charge in [-0.3, -0.25) is 0 Å². The van der Waals surface area contributed by atoms with E-state index in [2.05, 4.69) is 45.6 Å². The average Bonchev–Trinajstić information content (AvgIpc) is 2.94. The lowest BCUT2D eigenvalue weighted by Gasteiger charge is -2.23. The summed E-state index contributed by atoms with van der Waals surface area (Å²) in [5, 5.41) is 15.0.